The van der Waals surface area contributed by atoms with Crippen LogP contribution in [0.15, 0.2) is 24.3 Å². The van der Waals surface area contributed by atoms with E-state index in [2.05, 4.69) is 10.2 Å². The van der Waals surface area contributed by atoms with E-state index in [0.717, 1.165) is 31.1 Å². The number of rotatable bonds is 4. The lowest BCUT2D eigenvalue weighted by Crippen LogP contribution is -2.42. The average molecular weight is 312 g/mol. The zero-order valence-corrected chi connectivity index (χ0v) is 12.7. The van der Waals surface area contributed by atoms with Gasteiger partial charge in [0.2, 0.25) is 0 Å². The Morgan fingerprint density at radius 2 is 1.86 bits per heavy atom. The number of alkyl halides is 3. The van der Waals surface area contributed by atoms with Gasteiger partial charge < -0.3 is 5.32 Å². The first-order valence-corrected chi connectivity index (χ1v) is 8.16. The van der Waals surface area contributed by atoms with Gasteiger partial charge in [-0.3, -0.25) is 4.90 Å². The molecule has 0 unspecified atom stereocenters. The molecule has 3 rings (SSSR count). The van der Waals surface area contributed by atoms with Gasteiger partial charge in [-0.25, -0.2) is 0 Å². The van der Waals surface area contributed by atoms with Crippen LogP contribution < -0.4 is 5.32 Å². The fourth-order valence-corrected chi connectivity index (χ4v) is 3.77. The standard InChI is InChI=1S/C17H23F3N2/c18-17(19,20)14-5-3-4-13(10-14)12-22(15-6-1-2-7-15)16-8-9-21-11-16/h3-5,10,15-16,21H,1-2,6-9,11-12H2/t16-/m0/s1. The van der Waals surface area contributed by atoms with Crippen molar-refractivity contribution in [3.8, 4) is 0 Å². The highest BCUT2D eigenvalue weighted by atomic mass is 19.4. The van der Waals surface area contributed by atoms with E-state index in [1.165, 1.54) is 37.8 Å². The lowest BCUT2D eigenvalue weighted by Gasteiger charge is -2.34. The van der Waals surface area contributed by atoms with Crippen LogP contribution in [-0.4, -0.2) is 30.1 Å². The smallest absolute Gasteiger partial charge is 0.315 e. The van der Waals surface area contributed by atoms with Gasteiger partial charge in [-0.05, 0) is 37.4 Å². The first-order chi connectivity index (χ1) is 10.5. The predicted molar refractivity (Wildman–Crippen MR) is 80.5 cm³/mol. The Morgan fingerprint density at radius 3 is 2.50 bits per heavy atom. The molecule has 1 aliphatic carbocycles. The lowest BCUT2D eigenvalue weighted by atomic mass is 10.1. The first kappa shape index (κ1) is 15.8. The summed E-state index contributed by atoms with van der Waals surface area (Å²) >= 11 is 0. The van der Waals surface area contributed by atoms with Crippen LogP contribution in [0.4, 0.5) is 13.2 Å². The maximum Gasteiger partial charge on any atom is 0.416 e. The summed E-state index contributed by atoms with van der Waals surface area (Å²) in [5.74, 6) is 0. The molecular weight excluding hydrogens is 289 g/mol. The molecule has 1 aromatic carbocycles. The van der Waals surface area contributed by atoms with Gasteiger partial charge in [-0.15, -0.1) is 0 Å². The fraction of sp³-hybridized carbons (Fsp3) is 0.647. The minimum atomic E-state index is -4.26. The molecule has 122 valence electrons. The van der Waals surface area contributed by atoms with Crippen molar-refractivity contribution in [1.82, 2.24) is 10.2 Å². The van der Waals surface area contributed by atoms with Gasteiger partial charge in [0.15, 0.2) is 0 Å². The zero-order chi connectivity index (χ0) is 15.6. The fourth-order valence-electron chi connectivity index (χ4n) is 3.77. The van der Waals surface area contributed by atoms with Gasteiger partial charge in [-0.1, -0.05) is 31.0 Å². The third-order valence-corrected chi connectivity index (χ3v) is 4.92. The molecule has 2 fully saturated rings. The minimum Gasteiger partial charge on any atom is -0.315 e. The van der Waals surface area contributed by atoms with E-state index in [9.17, 15) is 13.2 Å². The molecular formula is C17H23F3N2. The quantitative estimate of drug-likeness (QED) is 0.909. The van der Waals surface area contributed by atoms with Crippen LogP contribution in [0.5, 0.6) is 0 Å². The number of hydrogen-bond donors (Lipinski definition) is 1. The maximum atomic E-state index is 12.9. The molecule has 2 nitrogen and oxygen atoms in total. The molecule has 1 aliphatic heterocycles. The van der Waals surface area contributed by atoms with Gasteiger partial charge in [0, 0.05) is 25.2 Å². The molecule has 22 heavy (non-hydrogen) atoms. The molecule has 1 aromatic rings. The second-order valence-corrected chi connectivity index (χ2v) is 6.46. The average Bonchev–Trinajstić information content (AvgIpc) is 3.18. The number of halogens is 3. The first-order valence-electron chi connectivity index (χ1n) is 8.16. The van der Waals surface area contributed by atoms with E-state index < -0.39 is 11.7 Å². The number of nitrogens with zero attached hydrogens (tertiary/aromatic N) is 1. The summed E-state index contributed by atoms with van der Waals surface area (Å²) in [6.45, 7) is 2.59. The molecule has 1 heterocycles. The largest absolute Gasteiger partial charge is 0.416 e. The maximum absolute atomic E-state index is 12.9. The van der Waals surface area contributed by atoms with Gasteiger partial charge in [-0.2, -0.15) is 13.2 Å². The molecule has 1 saturated heterocycles. The predicted octanol–water partition coefficient (Wildman–Crippen LogP) is 3.81. The third kappa shape index (κ3) is 3.63. The summed E-state index contributed by atoms with van der Waals surface area (Å²) in [6.07, 6.45) is 1.66. The Kier molecular flexibility index (Phi) is 4.73. The van der Waals surface area contributed by atoms with Crippen molar-refractivity contribution in [2.24, 2.45) is 0 Å². The molecule has 1 saturated carbocycles. The van der Waals surface area contributed by atoms with Crippen LogP contribution in [-0.2, 0) is 12.7 Å². The van der Waals surface area contributed by atoms with Gasteiger partial charge in [0.1, 0.15) is 0 Å². The van der Waals surface area contributed by atoms with Crippen LogP contribution >= 0.6 is 0 Å². The lowest BCUT2D eigenvalue weighted by molar-refractivity contribution is -0.137. The van der Waals surface area contributed by atoms with E-state index >= 15 is 0 Å². The second kappa shape index (κ2) is 6.59. The SMILES string of the molecule is FC(F)(F)c1cccc(CN(C2CCCC2)[C@H]2CCNC2)c1. The Morgan fingerprint density at radius 1 is 1.09 bits per heavy atom. The topological polar surface area (TPSA) is 15.3 Å². The van der Waals surface area contributed by atoms with Gasteiger partial charge >= 0.3 is 6.18 Å². The summed E-state index contributed by atoms with van der Waals surface area (Å²) in [4.78, 5) is 2.45. The highest BCUT2D eigenvalue weighted by Crippen LogP contribution is 2.32. The van der Waals surface area contributed by atoms with E-state index in [-0.39, 0.29) is 0 Å². The van der Waals surface area contributed by atoms with E-state index in [1.807, 2.05) is 6.07 Å². The summed E-state index contributed by atoms with van der Waals surface area (Å²) in [6, 6.07) is 6.79. The second-order valence-electron chi connectivity index (χ2n) is 6.46. The monoisotopic (exact) mass is 312 g/mol. The summed E-state index contributed by atoms with van der Waals surface area (Å²) < 4.78 is 38.7. The van der Waals surface area contributed by atoms with E-state index in [4.69, 9.17) is 0 Å². The number of hydrogen-bond acceptors (Lipinski definition) is 2. The van der Waals surface area contributed by atoms with Crippen molar-refractivity contribution in [3.63, 3.8) is 0 Å². The normalized spacial score (nSPS) is 23.5. The molecule has 0 bridgehead atoms. The minimum absolute atomic E-state index is 0.456. The van der Waals surface area contributed by atoms with Crippen LogP contribution in [0.1, 0.15) is 43.2 Å². The van der Waals surface area contributed by atoms with Crippen LogP contribution in [0, 0.1) is 0 Å². The molecule has 5 heteroatoms. The molecule has 1 atom stereocenters. The van der Waals surface area contributed by atoms with Gasteiger partial charge in [0.05, 0.1) is 5.56 Å². The Hall–Kier alpha value is -1.07. The molecule has 2 aliphatic rings. The summed E-state index contributed by atoms with van der Waals surface area (Å²) in [5, 5.41) is 3.38. The van der Waals surface area contributed by atoms with Crippen molar-refractivity contribution in [2.75, 3.05) is 13.1 Å². The highest BCUT2D eigenvalue weighted by molar-refractivity contribution is 5.25. The van der Waals surface area contributed by atoms with Crippen molar-refractivity contribution >= 4 is 0 Å². The van der Waals surface area contributed by atoms with Crippen molar-refractivity contribution < 1.29 is 13.2 Å². The highest BCUT2D eigenvalue weighted by Gasteiger charge is 2.32. The van der Waals surface area contributed by atoms with Crippen molar-refractivity contribution in [2.45, 2.75) is 56.9 Å². The third-order valence-electron chi connectivity index (χ3n) is 4.92. The zero-order valence-electron chi connectivity index (χ0n) is 12.7. The van der Waals surface area contributed by atoms with Gasteiger partial charge in [0.25, 0.3) is 0 Å². The molecule has 1 N–H and O–H groups in total. The van der Waals surface area contributed by atoms with Crippen LogP contribution in [0.25, 0.3) is 0 Å². The number of nitrogens with one attached hydrogen (secondary N) is 1. The number of benzene rings is 1. The van der Waals surface area contributed by atoms with Crippen LogP contribution in [0.2, 0.25) is 0 Å². The Balaban J connectivity index is 1.77. The Labute approximate surface area is 129 Å². The van der Waals surface area contributed by atoms with E-state index in [0.29, 0.717) is 18.6 Å². The Bertz CT molecular complexity index is 473. The molecule has 0 aromatic heterocycles. The molecule has 0 spiro atoms. The summed E-state index contributed by atoms with van der Waals surface area (Å²) in [5.41, 5.74) is 0.231. The van der Waals surface area contributed by atoms with Crippen molar-refractivity contribution in [1.29, 1.82) is 0 Å². The van der Waals surface area contributed by atoms with Crippen LogP contribution in [0.3, 0.4) is 0 Å². The summed E-state index contributed by atoms with van der Waals surface area (Å²) in [7, 11) is 0. The molecule has 0 amide bonds. The molecule has 0 radical (unpaired) electrons. The van der Waals surface area contributed by atoms with Crippen molar-refractivity contribution in [3.05, 3.63) is 35.4 Å². The van der Waals surface area contributed by atoms with E-state index in [1.54, 1.807) is 0 Å².